The molecule has 0 saturated carbocycles. The molecule has 3 N–H and O–H groups in total. The zero-order valence-electron chi connectivity index (χ0n) is 19.2. The zero-order valence-corrected chi connectivity index (χ0v) is 19.2. The van der Waals surface area contributed by atoms with Gasteiger partial charge in [-0.3, -0.25) is 9.69 Å². The molecule has 2 aromatic carbocycles. The smallest absolute Gasteiger partial charge is 0.276 e. The number of halogens is 2. The van der Waals surface area contributed by atoms with E-state index in [0.717, 1.165) is 25.2 Å². The van der Waals surface area contributed by atoms with Crippen LogP contribution in [0.1, 0.15) is 5.56 Å². The van der Waals surface area contributed by atoms with Crippen molar-refractivity contribution in [2.45, 2.75) is 6.54 Å². The number of morpholine rings is 1. The molecule has 182 valence electrons. The molecule has 0 amide bonds. The van der Waals surface area contributed by atoms with Gasteiger partial charge in [-0.1, -0.05) is 6.07 Å². The van der Waals surface area contributed by atoms with Crippen LogP contribution in [-0.4, -0.2) is 63.1 Å². The number of methoxy groups -OCH3 is 2. The summed E-state index contributed by atoms with van der Waals surface area (Å²) in [5, 5.41) is 3.64. The van der Waals surface area contributed by atoms with E-state index in [2.05, 4.69) is 10.2 Å². The van der Waals surface area contributed by atoms with Gasteiger partial charge < -0.3 is 29.8 Å². The number of nitrogens with zero attached hydrogens (tertiary/aromatic N) is 2. The van der Waals surface area contributed by atoms with Gasteiger partial charge in [0.2, 0.25) is 0 Å². The average molecular weight is 475 g/mol. The number of aromatic nitrogens is 1. The van der Waals surface area contributed by atoms with Crippen LogP contribution in [0.25, 0.3) is 10.9 Å². The standard InChI is InChI=1S/C24H28F2N4O4/c1-32-20-12-15-19(13-21(20)33-2)30(14-16-17(25)4-3-5-18(16)26)24(31)23(22(15)27)28-6-7-29-8-10-34-11-9-29/h3-5,12-13,28H,6-11,14,27H2,1-2H3. The molecule has 34 heavy (non-hydrogen) atoms. The summed E-state index contributed by atoms with van der Waals surface area (Å²) in [5.41, 5.74) is 6.50. The Morgan fingerprint density at radius 2 is 1.74 bits per heavy atom. The molecule has 1 aliphatic rings. The van der Waals surface area contributed by atoms with Crippen molar-refractivity contribution < 1.29 is 23.0 Å². The van der Waals surface area contributed by atoms with Crippen LogP contribution in [0.15, 0.2) is 35.1 Å². The zero-order chi connectivity index (χ0) is 24.2. The Bertz CT molecular complexity index is 1220. The highest BCUT2D eigenvalue weighted by Crippen LogP contribution is 2.36. The lowest BCUT2D eigenvalue weighted by atomic mass is 10.1. The molecular formula is C24H28F2N4O4. The second-order valence-electron chi connectivity index (χ2n) is 7.99. The lowest BCUT2D eigenvalue weighted by Gasteiger charge is -2.27. The van der Waals surface area contributed by atoms with Crippen molar-refractivity contribution in [3.8, 4) is 11.5 Å². The summed E-state index contributed by atoms with van der Waals surface area (Å²) in [6, 6.07) is 6.85. The molecule has 1 fully saturated rings. The number of anilines is 2. The van der Waals surface area contributed by atoms with Crippen molar-refractivity contribution in [2.75, 3.05) is 64.7 Å². The van der Waals surface area contributed by atoms with Crippen molar-refractivity contribution in [3.05, 3.63) is 57.9 Å². The minimum atomic E-state index is -0.737. The number of benzene rings is 2. The highest BCUT2D eigenvalue weighted by Gasteiger charge is 2.20. The number of nitrogen functional groups attached to an aromatic ring is 1. The van der Waals surface area contributed by atoms with Gasteiger partial charge in [0.1, 0.15) is 17.3 Å². The van der Waals surface area contributed by atoms with Crippen LogP contribution >= 0.6 is 0 Å². The quantitative estimate of drug-likeness (QED) is 0.519. The Labute approximate surface area is 195 Å². The van der Waals surface area contributed by atoms with Gasteiger partial charge in [0.15, 0.2) is 11.5 Å². The molecule has 1 saturated heterocycles. The molecule has 1 aromatic heterocycles. The summed E-state index contributed by atoms with van der Waals surface area (Å²) in [5.74, 6) is -0.689. The largest absolute Gasteiger partial charge is 0.493 e. The maximum Gasteiger partial charge on any atom is 0.276 e. The fourth-order valence-corrected chi connectivity index (χ4v) is 4.13. The highest BCUT2D eigenvalue weighted by atomic mass is 19.1. The summed E-state index contributed by atoms with van der Waals surface area (Å²) in [6.07, 6.45) is 0. The summed E-state index contributed by atoms with van der Waals surface area (Å²) in [4.78, 5) is 15.8. The molecule has 1 aliphatic heterocycles. The van der Waals surface area contributed by atoms with Gasteiger partial charge in [0, 0.05) is 43.2 Å². The first kappa shape index (κ1) is 23.8. The Kier molecular flexibility index (Phi) is 7.18. The summed E-state index contributed by atoms with van der Waals surface area (Å²) in [6.45, 7) is 3.79. The predicted molar refractivity (Wildman–Crippen MR) is 127 cm³/mol. The Morgan fingerprint density at radius 3 is 2.38 bits per heavy atom. The van der Waals surface area contributed by atoms with E-state index in [0.29, 0.717) is 48.7 Å². The van der Waals surface area contributed by atoms with Gasteiger partial charge >= 0.3 is 0 Å². The van der Waals surface area contributed by atoms with Crippen LogP contribution in [0.4, 0.5) is 20.2 Å². The molecule has 0 spiro atoms. The molecule has 3 aromatic rings. The lowest BCUT2D eigenvalue weighted by molar-refractivity contribution is 0.0398. The van der Waals surface area contributed by atoms with Gasteiger partial charge in [0.25, 0.3) is 5.56 Å². The summed E-state index contributed by atoms with van der Waals surface area (Å²) < 4.78 is 46.4. The molecule has 0 atom stereocenters. The van der Waals surface area contributed by atoms with Gasteiger partial charge in [-0.15, -0.1) is 0 Å². The number of fused-ring (bicyclic) bond motifs is 1. The van der Waals surface area contributed by atoms with E-state index >= 15 is 0 Å². The van der Waals surface area contributed by atoms with E-state index in [1.807, 2.05) is 0 Å². The monoisotopic (exact) mass is 474 g/mol. The third-order valence-electron chi connectivity index (χ3n) is 6.02. The van der Waals surface area contributed by atoms with Crippen molar-refractivity contribution in [2.24, 2.45) is 0 Å². The molecule has 4 rings (SSSR count). The van der Waals surface area contributed by atoms with Crippen LogP contribution in [0.3, 0.4) is 0 Å². The molecule has 2 heterocycles. The number of ether oxygens (including phenoxy) is 3. The molecular weight excluding hydrogens is 446 g/mol. The second-order valence-corrected chi connectivity index (χ2v) is 7.99. The average Bonchev–Trinajstić information content (AvgIpc) is 2.85. The molecule has 10 heteroatoms. The van der Waals surface area contributed by atoms with Gasteiger partial charge in [0.05, 0.1) is 45.2 Å². The normalized spacial score (nSPS) is 14.4. The molecule has 0 radical (unpaired) electrons. The fraction of sp³-hybridized carbons (Fsp3) is 0.375. The van der Waals surface area contributed by atoms with Crippen LogP contribution in [0.2, 0.25) is 0 Å². The fourth-order valence-electron chi connectivity index (χ4n) is 4.13. The number of hydrogen-bond acceptors (Lipinski definition) is 7. The Morgan fingerprint density at radius 1 is 1.09 bits per heavy atom. The predicted octanol–water partition coefficient (Wildman–Crippen LogP) is 2.67. The van der Waals surface area contributed by atoms with E-state index in [1.54, 1.807) is 12.1 Å². The molecule has 0 unspecified atom stereocenters. The van der Waals surface area contributed by atoms with E-state index in [-0.39, 0.29) is 23.5 Å². The topological polar surface area (TPSA) is 91.0 Å². The number of nitrogens with two attached hydrogens (primary N) is 1. The van der Waals surface area contributed by atoms with Crippen molar-refractivity contribution in [1.82, 2.24) is 9.47 Å². The molecule has 8 nitrogen and oxygen atoms in total. The maximum atomic E-state index is 14.5. The van der Waals surface area contributed by atoms with Crippen LogP contribution in [-0.2, 0) is 11.3 Å². The molecule has 0 bridgehead atoms. The number of pyridine rings is 1. The Balaban J connectivity index is 1.80. The minimum Gasteiger partial charge on any atom is -0.493 e. The third kappa shape index (κ3) is 4.64. The molecule has 0 aliphatic carbocycles. The van der Waals surface area contributed by atoms with Gasteiger partial charge in [-0.25, -0.2) is 8.78 Å². The lowest BCUT2D eigenvalue weighted by Crippen LogP contribution is -2.39. The van der Waals surface area contributed by atoms with E-state index < -0.39 is 17.2 Å². The first-order valence-corrected chi connectivity index (χ1v) is 11.0. The van der Waals surface area contributed by atoms with Gasteiger partial charge in [-0.05, 0) is 18.2 Å². The van der Waals surface area contributed by atoms with Crippen molar-refractivity contribution >= 4 is 22.3 Å². The minimum absolute atomic E-state index is 0.171. The van der Waals surface area contributed by atoms with Crippen LogP contribution < -0.4 is 26.1 Å². The van der Waals surface area contributed by atoms with Crippen LogP contribution in [0, 0.1) is 11.6 Å². The summed E-state index contributed by atoms with van der Waals surface area (Å²) in [7, 11) is 2.96. The van der Waals surface area contributed by atoms with Gasteiger partial charge in [-0.2, -0.15) is 0 Å². The first-order chi connectivity index (χ1) is 16.4. The van der Waals surface area contributed by atoms with Crippen LogP contribution in [0.5, 0.6) is 11.5 Å². The maximum absolute atomic E-state index is 14.5. The van der Waals surface area contributed by atoms with E-state index in [4.69, 9.17) is 19.9 Å². The Hall–Kier alpha value is -3.37. The summed E-state index contributed by atoms with van der Waals surface area (Å²) >= 11 is 0. The number of hydrogen-bond donors (Lipinski definition) is 2. The van der Waals surface area contributed by atoms with Crippen molar-refractivity contribution in [1.29, 1.82) is 0 Å². The van der Waals surface area contributed by atoms with E-state index in [9.17, 15) is 13.6 Å². The number of nitrogens with one attached hydrogen (secondary N) is 1. The second kappa shape index (κ2) is 10.3. The SMILES string of the molecule is COc1cc2c(N)c(NCCN3CCOCC3)c(=O)n(Cc3c(F)cccc3F)c2cc1OC. The third-order valence-corrected chi connectivity index (χ3v) is 6.02. The number of rotatable bonds is 8. The van der Waals surface area contributed by atoms with E-state index in [1.165, 1.54) is 24.9 Å². The first-order valence-electron chi connectivity index (χ1n) is 11.0. The van der Waals surface area contributed by atoms with Crippen molar-refractivity contribution in [3.63, 3.8) is 0 Å². The highest BCUT2D eigenvalue weighted by molar-refractivity contribution is 5.98.